The van der Waals surface area contributed by atoms with Crippen LogP contribution in [0.15, 0.2) is 60.9 Å². The minimum absolute atomic E-state index is 0.277. The number of benzene rings is 2. The van der Waals surface area contributed by atoms with Crippen LogP contribution in [0.2, 0.25) is 0 Å². The van der Waals surface area contributed by atoms with Gasteiger partial charge in [0.25, 0.3) is 0 Å². The van der Waals surface area contributed by atoms with Crippen LogP contribution in [0.3, 0.4) is 0 Å². The highest BCUT2D eigenvalue weighted by Gasteiger charge is 2.10. The molecule has 1 aromatic heterocycles. The van der Waals surface area contributed by atoms with Crippen molar-refractivity contribution in [1.29, 1.82) is 0 Å². The third-order valence-electron chi connectivity index (χ3n) is 4.26. The van der Waals surface area contributed by atoms with E-state index < -0.39 is 0 Å². The SMILES string of the molecule is COc1ccc(CNC(C)c2ccc(C)cc2)cc1-c1ncccn1. The minimum atomic E-state index is 0.277. The number of ether oxygens (including phenoxy) is 1. The van der Waals surface area contributed by atoms with E-state index in [1.807, 2.05) is 12.1 Å². The second kappa shape index (κ2) is 7.90. The van der Waals surface area contributed by atoms with Gasteiger partial charge in [-0.05, 0) is 43.2 Å². The van der Waals surface area contributed by atoms with E-state index in [0.29, 0.717) is 5.82 Å². The van der Waals surface area contributed by atoms with E-state index in [9.17, 15) is 0 Å². The zero-order chi connectivity index (χ0) is 17.6. The van der Waals surface area contributed by atoms with E-state index in [-0.39, 0.29) is 6.04 Å². The zero-order valence-corrected chi connectivity index (χ0v) is 14.9. The molecule has 1 unspecified atom stereocenters. The van der Waals surface area contributed by atoms with Crippen LogP contribution in [-0.4, -0.2) is 17.1 Å². The molecule has 0 aliphatic heterocycles. The van der Waals surface area contributed by atoms with E-state index in [1.165, 1.54) is 16.7 Å². The average Bonchev–Trinajstić information content (AvgIpc) is 2.67. The van der Waals surface area contributed by atoms with Crippen LogP contribution in [0.4, 0.5) is 0 Å². The monoisotopic (exact) mass is 333 g/mol. The quantitative estimate of drug-likeness (QED) is 0.730. The lowest BCUT2D eigenvalue weighted by atomic mass is 10.1. The van der Waals surface area contributed by atoms with Crippen molar-refractivity contribution in [3.05, 3.63) is 77.6 Å². The third-order valence-corrected chi connectivity index (χ3v) is 4.26. The second-order valence-corrected chi connectivity index (χ2v) is 6.12. The van der Waals surface area contributed by atoms with Gasteiger partial charge in [-0.2, -0.15) is 0 Å². The Morgan fingerprint density at radius 3 is 2.44 bits per heavy atom. The van der Waals surface area contributed by atoms with Crippen molar-refractivity contribution in [2.24, 2.45) is 0 Å². The van der Waals surface area contributed by atoms with Crippen molar-refractivity contribution in [3.8, 4) is 17.1 Å². The Morgan fingerprint density at radius 1 is 1.04 bits per heavy atom. The summed E-state index contributed by atoms with van der Waals surface area (Å²) in [6, 6.07) is 16.8. The number of aryl methyl sites for hydroxylation is 1. The summed E-state index contributed by atoms with van der Waals surface area (Å²) in [4.78, 5) is 8.68. The normalized spacial score (nSPS) is 12.0. The van der Waals surface area contributed by atoms with E-state index in [1.54, 1.807) is 19.5 Å². The Labute approximate surface area is 148 Å². The van der Waals surface area contributed by atoms with Gasteiger partial charge in [0.15, 0.2) is 5.82 Å². The Balaban J connectivity index is 1.76. The predicted octanol–water partition coefficient (Wildman–Crippen LogP) is 4.31. The molecule has 3 rings (SSSR count). The topological polar surface area (TPSA) is 47.0 Å². The lowest BCUT2D eigenvalue weighted by molar-refractivity contribution is 0.416. The molecule has 0 saturated carbocycles. The summed E-state index contributed by atoms with van der Waals surface area (Å²) in [5.41, 5.74) is 4.64. The number of nitrogens with zero attached hydrogens (tertiary/aromatic N) is 2. The fourth-order valence-corrected chi connectivity index (χ4v) is 2.72. The number of aromatic nitrogens is 2. The first-order chi connectivity index (χ1) is 12.2. The maximum absolute atomic E-state index is 5.46. The van der Waals surface area contributed by atoms with E-state index in [0.717, 1.165) is 17.9 Å². The van der Waals surface area contributed by atoms with Gasteiger partial charge in [0, 0.05) is 25.0 Å². The summed E-state index contributed by atoms with van der Waals surface area (Å²) in [7, 11) is 1.67. The lowest BCUT2D eigenvalue weighted by Gasteiger charge is -2.16. The fourth-order valence-electron chi connectivity index (χ4n) is 2.72. The van der Waals surface area contributed by atoms with Crippen molar-refractivity contribution < 1.29 is 4.74 Å². The maximum atomic E-state index is 5.46. The van der Waals surface area contributed by atoms with Crippen LogP contribution in [0, 0.1) is 6.92 Å². The minimum Gasteiger partial charge on any atom is -0.496 e. The molecule has 4 heteroatoms. The first kappa shape index (κ1) is 17.1. The molecule has 4 nitrogen and oxygen atoms in total. The fraction of sp³-hybridized carbons (Fsp3) is 0.238. The number of hydrogen-bond donors (Lipinski definition) is 1. The molecule has 1 heterocycles. The molecule has 25 heavy (non-hydrogen) atoms. The van der Waals surface area contributed by atoms with Crippen LogP contribution < -0.4 is 10.1 Å². The Kier molecular flexibility index (Phi) is 5.41. The summed E-state index contributed by atoms with van der Waals surface area (Å²) >= 11 is 0. The molecule has 0 spiro atoms. The molecule has 1 N–H and O–H groups in total. The first-order valence-electron chi connectivity index (χ1n) is 8.41. The third kappa shape index (κ3) is 4.22. The van der Waals surface area contributed by atoms with Gasteiger partial charge < -0.3 is 10.1 Å². The van der Waals surface area contributed by atoms with E-state index in [2.05, 4.69) is 65.5 Å². The highest BCUT2D eigenvalue weighted by molar-refractivity contribution is 5.64. The van der Waals surface area contributed by atoms with Crippen LogP contribution >= 0.6 is 0 Å². The number of methoxy groups -OCH3 is 1. The number of hydrogen-bond acceptors (Lipinski definition) is 4. The van der Waals surface area contributed by atoms with Crippen molar-refractivity contribution in [2.45, 2.75) is 26.4 Å². The van der Waals surface area contributed by atoms with Gasteiger partial charge in [-0.15, -0.1) is 0 Å². The zero-order valence-electron chi connectivity index (χ0n) is 14.9. The lowest BCUT2D eigenvalue weighted by Crippen LogP contribution is -2.18. The van der Waals surface area contributed by atoms with Crippen LogP contribution in [0.5, 0.6) is 5.75 Å². The van der Waals surface area contributed by atoms with Crippen LogP contribution in [0.1, 0.15) is 29.7 Å². The van der Waals surface area contributed by atoms with Gasteiger partial charge in [0.05, 0.1) is 12.7 Å². The molecule has 0 aliphatic rings. The van der Waals surface area contributed by atoms with Gasteiger partial charge >= 0.3 is 0 Å². The van der Waals surface area contributed by atoms with Gasteiger partial charge in [-0.3, -0.25) is 0 Å². The Bertz CT molecular complexity index is 816. The number of nitrogens with one attached hydrogen (secondary N) is 1. The molecule has 0 saturated heterocycles. The largest absolute Gasteiger partial charge is 0.496 e. The number of rotatable bonds is 6. The summed E-state index contributed by atoms with van der Waals surface area (Å²) in [5, 5.41) is 3.57. The molecular weight excluding hydrogens is 310 g/mol. The summed E-state index contributed by atoms with van der Waals surface area (Å²) < 4.78 is 5.46. The molecule has 128 valence electrons. The van der Waals surface area contributed by atoms with Crippen molar-refractivity contribution in [1.82, 2.24) is 15.3 Å². The van der Waals surface area contributed by atoms with Gasteiger partial charge in [0.1, 0.15) is 5.75 Å². The summed E-state index contributed by atoms with van der Waals surface area (Å²) in [5.74, 6) is 1.45. The van der Waals surface area contributed by atoms with E-state index in [4.69, 9.17) is 4.74 Å². The van der Waals surface area contributed by atoms with Crippen LogP contribution in [0.25, 0.3) is 11.4 Å². The molecule has 0 fully saturated rings. The van der Waals surface area contributed by atoms with Gasteiger partial charge in [-0.25, -0.2) is 9.97 Å². The van der Waals surface area contributed by atoms with Gasteiger partial charge in [0.2, 0.25) is 0 Å². The molecule has 2 aromatic carbocycles. The highest BCUT2D eigenvalue weighted by Crippen LogP contribution is 2.28. The first-order valence-corrected chi connectivity index (χ1v) is 8.41. The molecule has 3 aromatic rings. The molecule has 1 atom stereocenters. The average molecular weight is 333 g/mol. The molecule has 0 radical (unpaired) electrons. The molecule has 0 amide bonds. The van der Waals surface area contributed by atoms with Crippen molar-refractivity contribution in [3.63, 3.8) is 0 Å². The van der Waals surface area contributed by atoms with Crippen molar-refractivity contribution >= 4 is 0 Å². The summed E-state index contributed by atoms with van der Waals surface area (Å²) in [6.45, 7) is 5.04. The molecular formula is C21H23N3O. The molecule has 0 bridgehead atoms. The molecule has 0 aliphatic carbocycles. The second-order valence-electron chi connectivity index (χ2n) is 6.12. The van der Waals surface area contributed by atoms with Crippen molar-refractivity contribution in [2.75, 3.05) is 7.11 Å². The maximum Gasteiger partial charge on any atom is 0.162 e. The predicted molar refractivity (Wildman–Crippen MR) is 100 cm³/mol. The Hall–Kier alpha value is -2.72. The van der Waals surface area contributed by atoms with E-state index >= 15 is 0 Å². The Morgan fingerprint density at radius 2 is 1.76 bits per heavy atom. The van der Waals surface area contributed by atoms with Gasteiger partial charge in [-0.1, -0.05) is 35.9 Å². The smallest absolute Gasteiger partial charge is 0.162 e. The highest BCUT2D eigenvalue weighted by atomic mass is 16.5. The standard InChI is InChI=1S/C21H23N3O/c1-15-5-8-18(9-6-15)16(2)24-14-17-7-10-20(25-3)19(13-17)21-22-11-4-12-23-21/h4-13,16,24H,14H2,1-3H3. The summed E-state index contributed by atoms with van der Waals surface area (Å²) in [6.07, 6.45) is 3.48. The van der Waals surface area contributed by atoms with Crippen LogP contribution in [-0.2, 0) is 6.54 Å².